The molecule has 0 radical (unpaired) electrons. The van der Waals surface area contributed by atoms with Crippen LogP contribution in [0.1, 0.15) is 17.5 Å². The van der Waals surface area contributed by atoms with Crippen molar-refractivity contribution >= 4 is 10.8 Å². The zero-order valence-electron chi connectivity index (χ0n) is 14.3. The molecular weight excluding hydrogens is 326 g/mol. The molecule has 2 aromatic carbocycles. The second-order valence-electron chi connectivity index (χ2n) is 7.24. The minimum absolute atomic E-state index is 0.143. The molecule has 0 N–H and O–H groups in total. The zero-order valence-corrected chi connectivity index (χ0v) is 15.1. The van der Waals surface area contributed by atoms with Crippen LogP contribution in [0.5, 0.6) is 0 Å². The summed E-state index contributed by atoms with van der Waals surface area (Å²) in [4.78, 5) is 0.837. The van der Waals surface area contributed by atoms with Crippen LogP contribution in [-0.4, -0.2) is 9.46 Å². The van der Waals surface area contributed by atoms with Crippen LogP contribution >= 0.6 is 0 Å². The van der Waals surface area contributed by atoms with Crippen LogP contribution in [0.4, 0.5) is 0 Å². The highest BCUT2D eigenvalue weighted by molar-refractivity contribution is 7.85. The van der Waals surface area contributed by atoms with Crippen molar-refractivity contribution in [3.8, 4) is 6.07 Å². The Balaban J connectivity index is 1.74. The molecule has 2 bridgehead atoms. The molecule has 0 amide bonds. The normalized spacial score (nSPS) is 31.0. The Morgan fingerprint density at radius 2 is 1.84 bits per heavy atom. The Bertz CT molecular complexity index is 865. The van der Waals surface area contributed by atoms with Crippen molar-refractivity contribution in [1.82, 2.24) is 0 Å². The summed E-state index contributed by atoms with van der Waals surface area (Å²) in [5.41, 5.74) is 1.72. The number of hydrogen-bond donors (Lipinski definition) is 0. The van der Waals surface area contributed by atoms with Crippen molar-refractivity contribution in [2.45, 2.75) is 29.9 Å². The van der Waals surface area contributed by atoms with Gasteiger partial charge in [-0.25, -0.2) is 0 Å². The molecule has 3 heteroatoms. The van der Waals surface area contributed by atoms with Crippen LogP contribution in [0.15, 0.2) is 71.6 Å². The average molecular weight is 347 g/mol. The molecule has 1 unspecified atom stereocenters. The van der Waals surface area contributed by atoms with Gasteiger partial charge in [0.1, 0.15) is 0 Å². The van der Waals surface area contributed by atoms with E-state index in [2.05, 4.69) is 30.4 Å². The average Bonchev–Trinajstić information content (AvgIpc) is 3.23. The highest BCUT2D eigenvalue weighted by atomic mass is 32.2. The van der Waals surface area contributed by atoms with Gasteiger partial charge >= 0.3 is 0 Å². The van der Waals surface area contributed by atoms with Crippen LogP contribution < -0.4 is 0 Å². The lowest BCUT2D eigenvalue weighted by Crippen LogP contribution is -2.42. The van der Waals surface area contributed by atoms with E-state index in [0.717, 1.165) is 22.4 Å². The van der Waals surface area contributed by atoms with E-state index in [-0.39, 0.29) is 17.1 Å². The van der Waals surface area contributed by atoms with E-state index < -0.39 is 16.2 Å². The molecule has 0 saturated heterocycles. The second kappa shape index (κ2) is 6.28. The van der Waals surface area contributed by atoms with Crippen LogP contribution in [-0.2, 0) is 17.2 Å². The predicted molar refractivity (Wildman–Crippen MR) is 100 cm³/mol. The van der Waals surface area contributed by atoms with Crippen molar-refractivity contribution in [2.24, 2.45) is 17.3 Å². The van der Waals surface area contributed by atoms with Crippen molar-refractivity contribution < 1.29 is 4.21 Å². The van der Waals surface area contributed by atoms with Crippen molar-refractivity contribution in [3.63, 3.8) is 0 Å². The number of nitrogens with zero attached hydrogens (tertiary/aromatic N) is 1. The minimum atomic E-state index is -1.18. The van der Waals surface area contributed by atoms with Gasteiger partial charge in [0.25, 0.3) is 0 Å². The number of hydrogen-bond acceptors (Lipinski definition) is 2. The molecule has 5 atom stereocenters. The predicted octanol–water partition coefficient (Wildman–Crippen LogP) is 4.43. The first-order valence-corrected chi connectivity index (χ1v) is 9.96. The molecule has 25 heavy (non-hydrogen) atoms. The van der Waals surface area contributed by atoms with Crippen LogP contribution in [0, 0.1) is 35.5 Å². The van der Waals surface area contributed by atoms with Gasteiger partial charge in [0.05, 0.1) is 27.5 Å². The van der Waals surface area contributed by atoms with Gasteiger partial charge in [0.15, 0.2) is 0 Å². The summed E-state index contributed by atoms with van der Waals surface area (Å²) in [6, 6.07) is 20.7. The Hall–Kier alpha value is -2.18. The summed E-state index contributed by atoms with van der Waals surface area (Å²) >= 11 is 0. The monoisotopic (exact) mass is 347 g/mol. The lowest BCUT2D eigenvalue weighted by atomic mass is 9.72. The number of benzene rings is 2. The van der Waals surface area contributed by atoms with Gasteiger partial charge < -0.3 is 0 Å². The van der Waals surface area contributed by atoms with Gasteiger partial charge in [-0.15, -0.1) is 0 Å². The van der Waals surface area contributed by atoms with E-state index in [9.17, 15) is 9.47 Å². The third-order valence-corrected chi connectivity index (χ3v) is 7.67. The Kier molecular flexibility index (Phi) is 4.09. The summed E-state index contributed by atoms with van der Waals surface area (Å²) in [5.74, 6) is 0.428. The van der Waals surface area contributed by atoms with E-state index in [4.69, 9.17) is 0 Å². The molecule has 0 aromatic heterocycles. The van der Waals surface area contributed by atoms with Gasteiger partial charge in [-0.1, -0.05) is 60.2 Å². The fourth-order valence-electron chi connectivity index (χ4n) is 4.45. The van der Waals surface area contributed by atoms with Gasteiger partial charge in [-0.3, -0.25) is 4.21 Å². The lowest BCUT2D eigenvalue weighted by molar-refractivity contribution is 0.330. The highest BCUT2D eigenvalue weighted by Gasteiger charge is 2.59. The molecule has 2 aliphatic rings. The van der Waals surface area contributed by atoms with Crippen molar-refractivity contribution in [2.75, 3.05) is 0 Å². The lowest BCUT2D eigenvalue weighted by Gasteiger charge is -2.35. The molecule has 0 aliphatic heterocycles. The molecule has 0 spiro atoms. The van der Waals surface area contributed by atoms with Gasteiger partial charge in [-0.05, 0) is 49.3 Å². The Morgan fingerprint density at radius 3 is 2.52 bits per heavy atom. The standard InChI is InChI=1S/C22H21NOS/c1-16-7-11-20(12-8-16)25(24)21-18-9-10-19(13-18)22(21,15-23)14-17-5-3-2-4-6-17/h2-12,18-19,21H,13-14H2,1H3/t18-,19+,21-,22+,25?/m0/s1. The number of allylic oxidation sites excluding steroid dienone is 2. The third kappa shape index (κ3) is 2.65. The number of nitriles is 1. The third-order valence-electron chi connectivity index (χ3n) is 5.71. The molecule has 2 aliphatic carbocycles. The second-order valence-corrected chi connectivity index (χ2v) is 8.81. The minimum Gasteiger partial charge on any atom is -0.254 e. The van der Waals surface area contributed by atoms with E-state index in [1.807, 2.05) is 49.4 Å². The summed E-state index contributed by atoms with van der Waals surface area (Å²) in [5, 5.41) is 10.0. The summed E-state index contributed by atoms with van der Waals surface area (Å²) in [6.07, 6.45) is 5.97. The maximum Gasteiger partial charge on any atom is 0.0829 e. The largest absolute Gasteiger partial charge is 0.254 e. The van der Waals surface area contributed by atoms with Gasteiger partial charge in [-0.2, -0.15) is 5.26 Å². The fraction of sp³-hybridized carbons (Fsp3) is 0.318. The maximum absolute atomic E-state index is 13.4. The molecule has 0 heterocycles. The molecule has 1 fully saturated rings. The number of aryl methyl sites for hydroxylation is 1. The first-order chi connectivity index (χ1) is 12.1. The SMILES string of the molecule is Cc1ccc(S(=O)[C@H]2[C@H]3C=C[C@H](C3)[C@]2(C#N)Cc2ccccc2)cc1. The first kappa shape index (κ1) is 16.3. The quantitative estimate of drug-likeness (QED) is 0.768. The zero-order chi connectivity index (χ0) is 17.4. The molecule has 2 aromatic rings. The maximum atomic E-state index is 13.4. The Morgan fingerprint density at radius 1 is 1.12 bits per heavy atom. The summed E-state index contributed by atoms with van der Waals surface area (Å²) in [7, 11) is -1.18. The first-order valence-electron chi connectivity index (χ1n) is 8.75. The van der Waals surface area contributed by atoms with E-state index >= 15 is 0 Å². The topological polar surface area (TPSA) is 40.9 Å². The van der Waals surface area contributed by atoms with Gasteiger partial charge in [0.2, 0.25) is 0 Å². The smallest absolute Gasteiger partial charge is 0.0829 e. The van der Waals surface area contributed by atoms with Crippen LogP contribution in [0.3, 0.4) is 0 Å². The summed E-state index contributed by atoms with van der Waals surface area (Å²) in [6.45, 7) is 2.03. The van der Waals surface area contributed by atoms with E-state index in [1.54, 1.807) is 0 Å². The van der Waals surface area contributed by atoms with E-state index in [1.165, 1.54) is 0 Å². The molecule has 1 saturated carbocycles. The van der Waals surface area contributed by atoms with Crippen molar-refractivity contribution in [1.29, 1.82) is 5.26 Å². The van der Waals surface area contributed by atoms with Crippen LogP contribution in [0.25, 0.3) is 0 Å². The Labute approximate surface area is 151 Å². The molecular formula is C22H21NOS. The molecule has 4 rings (SSSR count). The van der Waals surface area contributed by atoms with Gasteiger partial charge in [0, 0.05) is 4.90 Å². The van der Waals surface area contributed by atoms with E-state index in [0.29, 0.717) is 6.42 Å². The highest BCUT2D eigenvalue weighted by Crippen LogP contribution is 2.56. The molecule has 126 valence electrons. The summed E-state index contributed by atoms with van der Waals surface area (Å²) < 4.78 is 13.4. The molecule has 2 nitrogen and oxygen atoms in total. The number of fused-ring (bicyclic) bond motifs is 2. The number of rotatable bonds is 4. The van der Waals surface area contributed by atoms with Crippen molar-refractivity contribution in [3.05, 3.63) is 77.9 Å². The fourth-order valence-corrected chi connectivity index (χ4v) is 6.36. The van der Waals surface area contributed by atoms with Crippen LogP contribution in [0.2, 0.25) is 0 Å².